The van der Waals surface area contributed by atoms with E-state index in [-0.39, 0.29) is 13.4 Å². The average molecular weight is 708 g/mol. The predicted octanol–water partition coefficient (Wildman–Crippen LogP) is 6.94. The molecule has 4 heterocycles. The van der Waals surface area contributed by atoms with Crippen molar-refractivity contribution in [3.8, 4) is 28.4 Å². The summed E-state index contributed by atoms with van der Waals surface area (Å²) in [6, 6.07) is 47.7. The zero-order valence-electron chi connectivity index (χ0n) is 31.3. The summed E-state index contributed by atoms with van der Waals surface area (Å²) in [5, 5.41) is 6.97. The Bertz CT molecular complexity index is 2880. The molecule has 1 aliphatic rings. The number of H-pyrrole nitrogens is 1. The molecule has 9 aromatic rings. The van der Waals surface area contributed by atoms with Gasteiger partial charge in [0.25, 0.3) is 0 Å². The number of nitrogens with one attached hydrogen (secondary N) is 1. The van der Waals surface area contributed by atoms with E-state index >= 15 is 0 Å². The molecule has 0 bridgehead atoms. The highest BCUT2D eigenvalue weighted by atomic mass is 16.5. The minimum absolute atomic E-state index is 0.0179. The van der Waals surface area contributed by atoms with Crippen molar-refractivity contribution in [2.24, 2.45) is 0 Å². The van der Waals surface area contributed by atoms with Crippen LogP contribution in [0.4, 0.5) is 0 Å². The van der Waals surface area contributed by atoms with Crippen LogP contribution in [0.5, 0.6) is 11.5 Å². The van der Waals surface area contributed by atoms with Gasteiger partial charge in [0.2, 0.25) is 13.4 Å². The minimum Gasteiger partial charge on any atom is -0.456 e. The van der Waals surface area contributed by atoms with Crippen LogP contribution in [0, 0.1) is 27.7 Å². The van der Waals surface area contributed by atoms with Crippen LogP contribution in [0.1, 0.15) is 22.3 Å². The smallest absolute Gasteiger partial charge is 0.245 e. The highest BCUT2D eigenvalue weighted by molar-refractivity contribution is 7.12. The number of aromatic nitrogens is 4. The molecule has 0 unspecified atom stereocenters. The molecule has 0 radical (unpaired) electrons. The summed E-state index contributed by atoms with van der Waals surface area (Å²) < 4.78 is 9.36. The van der Waals surface area contributed by atoms with Gasteiger partial charge in [0, 0.05) is 41.0 Å². The maximum absolute atomic E-state index is 7.41. The molecule has 1 N–H and O–H groups in total. The number of pyridine rings is 1. The fourth-order valence-electron chi connectivity index (χ4n) is 9.22. The first-order valence-electron chi connectivity index (χ1n) is 19.0. The van der Waals surface area contributed by atoms with E-state index in [9.17, 15) is 0 Å². The van der Waals surface area contributed by atoms with Gasteiger partial charge in [0.05, 0.1) is 22.4 Å². The molecule has 0 amide bonds. The van der Waals surface area contributed by atoms with Gasteiger partial charge >= 0.3 is 0 Å². The molecule has 0 aliphatic carbocycles. The average Bonchev–Trinajstić information content (AvgIpc) is 3.88. The van der Waals surface area contributed by atoms with Gasteiger partial charge < -0.3 is 9.72 Å². The van der Waals surface area contributed by atoms with Crippen LogP contribution >= 0.6 is 0 Å². The fraction of sp³-hybridized carbons (Fsp3) is 0.0833. The van der Waals surface area contributed by atoms with Crippen molar-refractivity contribution >= 4 is 68.0 Å². The van der Waals surface area contributed by atoms with Crippen LogP contribution in [-0.2, 0) is 0 Å². The number of nitrogens with zero attached hydrogens (tertiary/aromatic N) is 3. The molecular weight excluding hydrogens is 670 g/mol. The van der Waals surface area contributed by atoms with E-state index in [1.807, 2.05) is 41.5 Å². The second-order valence-corrected chi connectivity index (χ2v) is 14.9. The lowest BCUT2D eigenvalue weighted by Gasteiger charge is -2.35. The lowest BCUT2D eigenvalue weighted by atomic mass is 9.20. The van der Waals surface area contributed by atoms with Crippen molar-refractivity contribution in [2.45, 2.75) is 27.7 Å². The Kier molecular flexibility index (Phi) is 7.84. The number of hydrogen-bond acceptors (Lipinski definition) is 3. The third kappa shape index (κ3) is 5.33. The second-order valence-electron chi connectivity index (χ2n) is 14.9. The molecule has 7 heteroatoms. The summed E-state index contributed by atoms with van der Waals surface area (Å²) in [4.78, 5) is 8.50. The molecule has 3 aromatic heterocycles. The van der Waals surface area contributed by atoms with Gasteiger partial charge in [-0.25, -0.2) is 4.68 Å². The van der Waals surface area contributed by atoms with Crippen LogP contribution in [0.2, 0.25) is 0 Å². The van der Waals surface area contributed by atoms with E-state index < -0.39 is 0 Å². The quantitative estimate of drug-likeness (QED) is 0.191. The van der Waals surface area contributed by atoms with Crippen molar-refractivity contribution in [3.63, 3.8) is 0 Å². The molecule has 0 atom stereocenters. The van der Waals surface area contributed by atoms with E-state index in [1.54, 1.807) is 0 Å². The van der Waals surface area contributed by atoms with Gasteiger partial charge in [0.1, 0.15) is 5.75 Å². The molecular formula is C48H38B2N4O. The van der Waals surface area contributed by atoms with Crippen molar-refractivity contribution in [1.82, 2.24) is 19.7 Å². The molecule has 0 fully saturated rings. The molecule has 5 nitrogen and oxygen atoms in total. The number of fused-ring (bicyclic) bond motifs is 5. The molecule has 10 rings (SSSR count). The number of aryl methyl sites for hydroxylation is 4. The van der Waals surface area contributed by atoms with Gasteiger partial charge in [-0.05, 0) is 63.5 Å². The van der Waals surface area contributed by atoms with Gasteiger partial charge in [-0.15, -0.1) is 0 Å². The maximum atomic E-state index is 7.41. The molecule has 0 saturated heterocycles. The third-order valence-electron chi connectivity index (χ3n) is 11.6. The van der Waals surface area contributed by atoms with Crippen molar-refractivity contribution < 1.29 is 4.74 Å². The first-order chi connectivity index (χ1) is 27.0. The lowest BCUT2D eigenvalue weighted by Crippen LogP contribution is -2.76. The van der Waals surface area contributed by atoms with Crippen molar-refractivity contribution in [1.29, 1.82) is 0 Å². The Hall–Kier alpha value is -6.59. The van der Waals surface area contributed by atoms with Gasteiger partial charge in [-0.3, -0.25) is 4.98 Å². The topological polar surface area (TPSA) is 55.7 Å². The number of hydrogen-bond donors (Lipinski definition) is 1. The van der Waals surface area contributed by atoms with Gasteiger partial charge in [-0.1, -0.05) is 147 Å². The van der Waals surface area contributed by atoms with Gasteiger partial charge in [-0.2, -0.15) is 5.10 Å². The molecule has 1 aliphatic heterocycles. The van der Waals surface area contributed by atoms with Gasteiger partial charge in [0.15, 0.2) is 5.75 Å². The van der Waals surface area contributed by atoms with E-state index in [1.165, 1.54) is 55.0 Å². The normalized spacial score (nSPS) is 12.3. The first-order valence-corrected chi connectivity index (χ1v) is 19.0. The van der Waals surface area contributed by atoms with Crippen LogP contribution in [0.3, 0.4) is 0 Å². The SMILES string of the molecule is Cc1cccc(C)c1B1c2ccccc2B(c2c(C)cccc2C)c2c(Oc3cccc4c3[nH]c3c(-c5ccccn5)cccc34)cc(-n3cccn3)cc21. The Morgan fingerprint density at radius 1 is 0.527 bits per heavy atom. The zero-order chi connectivity index (χ0) is 37.2. The number of aromatic amines is 1. The Balaban J connectivity index is 1.28. The van der Waals surface area contributed by atoms with Crippen LogP contribution in [-0.4, -0.2) is 33.2 Å². The van der Waals surface area contributed by atoms with E-state index in [2.05, 4.69) is 148 Å². The molecule has 6 aromatic carbocycles. The summed E-state index contributed by atoms with van der Waals surface area (Å²) in [5.74, 6) is 1.58. The maximum Gasteiger partial charge on any atom is 0.245 e. The summed E-state index contributed by atoms with van der Waals surface area (Å²) in [6.45, 7) is 8.89. The fourth-order valence-corrected chi connectivity index (χ4v) is 9.22. The summed E-state index contributed by atoms with van der Waals surface area (Å²) in [6.07, 6.45) is 5.69. The highest BCUT2D eigenvalue weighted by Gasteiger charge is 2.43. The minimum atomic E-state index is -0.0627. The largest absolute Gasteiger partial charge is 0.456 e. The van der Waals surface area contributed by atoms with Crippen molar-refractivity contribution in [2.75, 3.05) is 0 Å². The Morgan fingerprint density at radius 2 is 1.16 bits per heavy atom. The Labute approximate surface area is 321 Å². The second kappa shape index (κ2) is 13.1. The lowest BCUT2D eigenvalue weighted by molar-refractivity contribution is 0.491. The third-order valence-corrected chi connectivity index (χ3v) is 11.6. The van der Waals surface area contributed by atoms with Crippen molar-refractivity contribution in [3.05, 3.63) is 174 Å². The predicted molar refractivity (Wildman–Crippen MR) is 230 cm³/mol. The number of benzene rings is 6. The first kappa shape index (κ1) is 33.0. The van der Waals surface area contributed by atoms with Crippen LogP contribution < -0.4 is 37.5 Å². The monoisotopic (exact) mass is 708 g/mol. The van der Waals surface area contributed by atoms with Crippen LogP contribution in [0.15, 0.2) is 152 Å². The number of ether oxygens (including phenoxy) is 1. The molecule has 262 valence electrons. The van der Waals surface area contributed by atoms with Crippen LogP contribution in [0.25, 0.3) is 38.8 Å². The summed E-state index contributed by atoms with van der Waals surface area (Å²) in [7, 11) is 0. The van der Waals surface area contributed by atoms with E-state index in [4.69, 9.17) is 14.8 Å². The molecule has 0 spiro atoms. The molecule has 0 saturated carbocycles. The number of rotatable bonds is 6. The highest BCUT2D eigenvalue weighted by Crippen LogP contribution is 2.37. The number of para-hydroxylation sites is 2. The Morgan fingerprint density at radius 3 is 1.84 bits per heavy atom. The summed E-state index contributed by atoms with van der Waals surface area (Å²) >= 11 is 0. The molecule has 55 heavy (non-hydrogen) atoms. The summed E-state index contributed by atoms with van der Waals surface area (Å²) in [5.41, 5.74) is 17.7. The van der Waals surface area contributed by atoms with E-state index in [0.717, 1.165) is 50.2 Å². The zero-order valence-corrected chi connectivity index (χ0v) is 31.3. The standard InChI is InChI=1S/C48H38B2N4O/c1-30-14-9-15-31(2)44(30)49-38-21-5-6-22-39(38)50(45-32(3)16-10-17-33(45)4)46-40(49)28-34(54-27-13-26-52-54)29-43(46)55-42-24-12-19-36-35-18-11-20-37(47(35)53-48(36)42)41-23-7-8-25-51-41/h5-29,53H,1-4H3. The van der Waals surface area contributed by atoms with E-state index in [0.29, 0.717) is 0 Å².